The van der Waals surface area contributed by atoms with Gasteiger partial charge in [0.15, 0.2) is 0 Å². The number of carboxylic acid groups (broad SMARTS) is 8. The van der Waals surface area contributed by atoms with Gasteiger partial charge in [0.1, 0.15) is 22.4 Å². The Bertz CT molecular complexity index is 1270. The second-order valence-corrected chi connectivity index (χ2v) is 10.00. The first-order valence-corrected chi connectivity index (χ1v) is 13.1. The third-order valence-electron chi connectivity index (χ3n) is 5.39. The predicted molar refractivity (Wildman–Crippen MR) is 121 cm³/mol. The molecule has 0 aliphatic heterocycles. The second kappa shape index (κ2) is 32.3. The number of carbonyl (C=O) groups excluding carboxylic acids is 12. The fraction of sp³-hybridized carbons (Fsp3) is 0.500. The van der Waals surface area contributed by atoms with Gasteiger partial charge in [-0.3, -0.25) is 19.2 Å². The Morgan fingerprint density at radius 3 is 0.492 bits per heavy atom. The molecule has 0 aromatic carbocycles. The second-order valence-electron chi connectivity index (χ2n) is 10.00. The molecule has 4 N–H and O–H groups in total. The molecule has 320 valence electrons. The smallest absolute Gasteiger partial charge is 0.662 e. The Morgan fingerprint density at radius 1 is 0.305 bits per heavy atom. The Hall–Kier alpha value is -4.54. The molecule has 0 aromatic rings. The summed E-state index contributed by atoms with van der Waals surface area (Å²) in [6, 6.07) is 0. The summed E-state index contributed by atoms with van der Waals surface area (Å²) in [4.78, 5) is 134. The molecule has 0 bridgehead atoms. The minimum atomic E-state index is -2.99. The largest absolute Gasteiger partial charge is 4.00 e. The maximum Gasteiger partial charge on any atom is 4.00 e. The van der Waals surface area contributed by atoms with Crippen LogP contribution in [0.4, 0.5) is 0 Å². The van der Waals surface area contributed by atoms with Crippen molar-refractivity contribution in [2.45, 2.75) is 73.8 Å². The molecule has 0 saturated carbocycles. The Balaban J connectivity index is -0.000000120. The third-order valence-corrected chi connectivity index (χ3v) is 5.39. The SMILES string of the molecule is O=C([O-])CC(O)(CC(=O)O[O-])C(=O)[O-].O=C([O-])CC(O)(CC(=O)O[O-])C(=O)[O-].O=C([O-])CC(O)(CC(=O)O[O-])C(=O)[O-].O=C([O-])CC(O)(CC(=O)O[O-])C(=O)[O-].[Ti+4].[Ti+4].[Ti+4]. The van der Waals surface area contributed by atoms with E-state index in [-0.39, 0.29) is 65.2 Å². The molecule has 0 spiro atoms. The topological polar surface area (TPSA) is 599 Å². The molecule has 0 fully saturated rings. The van der Waals surface area contributed by atoms with Crippen LogP contribution in [0.25, 0.3) is 0 Å². The van der Waals surface area contributed by atoms with Gasteiger partial charge in [-0.25, -0.2) is 0 Å². The number of aliphatic hydroxyl groups is 4. The first-order valence-electron chi connectivity index (χ1n) is 13.1. The van der Waals surface area contributed by atoms with Crippen LogP contribution in [0, 0.1) is 0 Å². The first-order chi connectivity index (χ1) is 25.3. The molecule has 4 unspecified atom stereocenters. The van der Waals surface area contributed by atoms with Crippen LogP contribution in [-0.4, -0.2) is 114 Å². The molecule has 35 heteroatoms. The van der Waals surface area contributed by atoms with Crippen LogP contribution in [0.15, 0.2) is 0 Å². The van der Waals surface area contributed by atoms with E-state index >= 15 is 0 Å². The van der Waals surface area contributed by atoms with Crippen molar-refractivity contribution < 1.29 is 225 Å². The zero-order valence-corrected chi connectivity index (χ0v) is 33.1. The molecule has 0 heterocycles. The monoisotopic (exact) mass is 964 g/mol. The van der Waals surface area contributed by atoms with Gasteiger partial charge in [0.25, 0.3) is 0 Å². The van der Waals surface area contributed by atoms with Gasteiger partial charge in [0.05, 0.1) is 49.6 Å². The summed E-state index contributed by atoms with van der Waals surface area (Å²) in [6.07, 6.45) is -10.7. The molecule has 59 heavy (non-hydrogen) atoms. The predicted octanol–water partition coefficient (Wildman–Crippen LogP) is -20.7. The summed E-state index contributed by atoms with van der Waals surface area (Å²) in [5.74, 6) is -22.9. The van der Waals surface area contributed by atoms with E-state index in [1.54, 1.807) is 0 Å². The molecule has 0 rings (SSSR count). The molecule has 0 amide bonds. The van der Waals surface area contributed by atoms with Crippen LogP contribution in [0.5, 0.6) is 0 Å². The van der Waals surface area contributed by atoms with Crippen molar-refractivity contribution in [2.75, 3.05) is 0 Å². The van der Waals surface area contributed by atoms with E-state index in [4.69, 9.17) is 20.4 Å². The quantitative estimate of drug-likeness (QED) is 0.0500. The van der Waals surface area contributed by atoms with Crippen LogP contribution in [0.3, 0.4) is 0 Å². The molecule has 32 nitrogen and oxygen atoms in total. The summed E-state index contributed by atoms with van der Waals surface area (Å²) in [5, 5.41) is 155. The number of carbonyl (C=O) groups is 12. The van der Waals surface area contributed by atoms with Gasteiger partial charge < -0.3 is 140 Å². The first kappa shape index (κ1) is 69.1. The van der Waals surface area contributed by atoms with Gasteiger partial charge >= 0.3 is 89.0 Å². The Labute approximate surface area is 368 Å². The fourth-order valence-corrected chi connectivity index (χ4v) is 2.86. The summed E-state index contributed by atoms with van der Waals surface area (Å²) >= 11 is 0. The van der Waals surface area contributed by atoms with Crippen molar-refractivity contribution >= 4 is 71.6 Å². The van der Waals surface area contributed by atoms with E-state index in [2.05, 4.69) is 19.6 Å². The molecule has 0 aliphatic carbocycles. The van der Waals surface area contributed by atoms with Crippen molar-refractivity contribution in [3.8, 4) is 0 Å². The van der Waals surface area contributed by atoms with Crippen molar-refractivity contribution in [3.63, 3.8) is 0 Å². The molecule has 0 aromatic heterocycles. The van der Waals surface area contributed by atoms with Gasteiger partial charge in [-0.2, -0.15) is 0 Å². The molecule has 0 aliphatic rings. The molecular formula is C24H20O32Ti3. The zero-order chi connectivity index (χ0) is 45.4. The Kier molecular flexibility index (Phi) is 37.9. The minimum absolute atomic E-state index is 0. The standard InChI is InChI=1S/4C6H8O8.3Ti/c4*7-3(8)1-6(12,5(10)11)2-4(9)14-13;;;/h4*12-13H,1-2H2,(H,7,8)(H,10,11);;;/q;;;;3*+4/p-12. The maximum absolute atomic E-state index is 10.3. The van der Waals surface area contributed by atoms with Crippen molar-refractivity contribution in [2.24, 2.45) is 0 Å². The van der Waals surface area contributed by atoms with Crippen LogP contribution >= 0.6 is 0 Å². The van der Waals surface area contributed by atoms with E-state index < -0.39 is 145 Å². The van der Waals surface area contributed by atoms with Crippen molar-refractivity contribution in [1.82, 2.24) is 0 Å². The van der Waals surface area contributed by atoms with Crippen LogP contribution in [-0.2, 0) is 142 Å². The summed E-state index contributed by atoms with van der Waals surface area (Å²) < 4.78 is 0. The minimum Gasteiger partial charge on any atom is -0.662 e. The molecular weight excluding hydrogens is 944 g/mol. The fourth-order valence-electron chi connectivity index (χ4n) is 2.86. The zero-order valence-electron chi connectivity index (χ0n) is 28.4. The van der Waals surface area contributed by atoms with Crippen LogP contribution in [0.2, 0.25) is 0 Å². The average molecular weight is 964 g/mol. The Morgan fingerprint density at radius 2 is 0.424 bits per heavy atom. The molecule has 0 radical (unpaired) electrons. The van der Waals surface area contributed by atoms with Gasteiger partial charge in [0.2, 0.25) is 0 Å². The number of hydrogen-bond donors (Lipinski definition) is 4. The number of rotatable bonds is 20. The van der Waals surface area contributed by atoms with E-state index in [0.717, 1.165) is 0 Å². The van der Waals surface area contributed by atoms with Crippen molar-refractivity contribution in [3.05, 3.63) is 0 Å². The van der Waals surface area contributed by atoms with Crippen LogP contribution < -0.4 is 61.9 Å². The van der Waals surface area contributed by atoms with E-state index in [1.165, 1.54) is 0 Å². The van der Waals surface area contributed by atoms with E-state index in [1.807, 2.05) is 0 Å². The van der Waals surface area contributed by atoms with Crippen LogP contribution in [0.1, 0.15) is 51.4 Å². The summed E-state index contributed by atoms with van der Waals surface area (Å²) in [7, 11) is 0. The van der Waals surface area contributed by atoms with Crippen molar-refractivity contribution in [1.29, 1.82) is 0 Å². The molecule has 4 atom stereocenters. The van der Waals surface area contributed by atoms with Gasteiger partial charge in [-0.05, 0) is 0 Å². The number of aliphatic carboxylic acids is 8. The number of carboxylic acids is 8. The normalized spacial score (nSPS) is 13.4. The molecule has 0 saturated heterocycles. The average Bonchev–Trinajstić information content (AvgIpc) is 3.03. The summed E-state index contributed by atoms with van der Waals surface area (Å²) in [6.45, 7) is 0. The maximum atomic E-state index is 10.3. The van der Waals surface area contributed by atoms with E-state index in [0.29, 0.717) is 0 Å². The number of hydrogen-bond acceptors (Lipinski definition) is 32. The van der Waals surface area contributed by atoms with E-state index in [9.17, 15) is 119 Å². The van der Waals surface area contributed by atoms with Gasteiger partial charge in [-0.15, -0.1) is 0 Å². The summed E-state index contributed by atoms with van der Waals surface area (Å²) in [5.41, 5.74) is -11.9. The van der Waals surface area contributed by atoms with Gasteiger partial charge in [0, 0.05) is 49.6 Å². The third kappa shape index (κ3) is 31.1. The van der Waals surface area contributed by atoms with Gasteiger partial charge in [-0.1, -0.05) is 0 Å².